The van der Waals surface area contributed by atoms with E-state index in [2.05, 4.69) is 14.9 Å². The zero-order chi connectivity index (χ0) is 15.6. The van der Waals surface area contributed by atoms with Gasteiger partial charge in [0.2, 0.25) is 0 Å². The molecule has 118 valence electrons. The highest BCUT2D eigenvalue weighted by Gasteiger charge is 2.27. The summed E-state index contributed by atoms with van der Waals surface area (Å²) in [7, 11) is -3.69. The molecule has 1 aliphatic heterocycles. The number of rotatable bonds is 4. The highest BCUT2D eigenvalue weighted by molar-refractivity contribution is 7.87. The molecule has 1 fully saturated rings. The van der Waals surface area contributed by atoms with E-state index in [-0.39, 0.29) is 18.4 Å². The number of aromatic amines is 1. The molecule has 0 aromatic carbocycles. The molecule has 2 rings (SSSR count). The predicted molar refractivity (Wildman–Crippen MR) is 77.8 cm³/mol. The van der Waals surface area contributed by atoms with Gasteiger partial charge in [0.05, 0.1) is 11.3 Å². The Bertz CT molecular complexity index is 605. The molecule has 1 aromatic rings. The molecule has 0 bridgehead atoms. The first-order valence-electron chi connectivity index (χ1n) is 6.86. The van der Waals surface area contributed by atoms with Gasteiger partial charge in [0.1, 0.15) is 0 Å². The number of likely N-dealkylation sites (tertiary alicyclic amines) is 1. The Balaban J connectivity index is 2.02. The van der Waals surface area contributed by atoms with Crippen LogP contribution in [0, 0.1) is 19.8 Å². The zero-order valence-corrected chi connectivity index (χ0v) is 13.0. The fourth-order valence-electron chi connectivity index (χ4n) is 2.67. The lowest BCUT2D eigenvalue weighted by molar-refractivity contribution is 0.0675. The van der Waals surface area contributed by atoms with Crippen LogP contribution < -0.4 is 9.86 Å². The number of aromatic nitrogens is 2. The molecule has 1 saturated heterocycles. The van der Waals surface area contributed by atoms with Crippen LogP contribution in [-0.2, 0) is 10.2 Å². The third kappa shape index (κ3) is 4.02. The standard InChI is InChI=1S/C12H21N5O3S/c1-8-11(9(2)16-15-8)12(18)17-5-3-4-10(7-17)6-14-21(13,19)20/h10,14H,3-7H2,1-2H3,(H,15,16)(H2,13,19,20). The van der Waals surface area contributed by atoms with Gasteiger partial charge in [-0.05, 0) is 32.6 Å². The number of carbonyl (C=O) groups excluding carboxylic acids is 1. The van der Waals surface area contributed by atoms with Crippen molar-refractivity contribution in [2.24, 2.45) is 11.1 Å². The van der Waals surface area contributed by atoms with Crippen molar-refractivity contribution in [3.63, 3.8) is 0 Å². The van der Waals surface area contributed by atoms with E-state index in [1.165, 1.54) is 0 Å². The maximum Gasteiger partial charge on any atom is 0.274 e. The summed E-state index contributed by atoms with van der Waals surface area (Å²) in [6.45, 7) is 5.06. The van der Waals surface area contributed by atoms with Crippen molar-refractivity contribution in [1.82, 2.24) is 19.8 Å². The van der Waals surface area contributed by atoms with E-state index in [1.807, 2.05) is 6.92 Å². The average Bonchev–Trinajstić information content (AvgIpc) is 2.75. The van der Waals surface area contributed by atoms with Crippen LogP contribution in [0.4, 0.5) is 0 Å². The lowest BCUT2D eigenvalue weighted by atomic mass is 9.97. The quantitative estimate of drug-likeness (QED) is 0.704. The van der Waals surface area contributed by atoms with E-state index in [9.17, 15) is 13.2 Å². The summed E-state index contributed by atoms with van der Waals surface area (Å²) in [5, 5.41) is 11.8. The summed E-state index contributed by atoms with van der Waals surface area (Å²) in [5.74, 6) is 0.0209. The Morgan fingerprint density at radius 1 is 1.52 bits per heavy atom. The van der Waals surface area contributed by atoms with Gasteiger partial charge in [0.25, 0.3) is 16.1 Å². The summed E-state index contributed by atoms with van der Waals surface area (Å²) in [4.78, 5) is 14.3. The number of hydrogen-bond donors (Lipinski definition) is 3. The molecule has 1 aliphatic rings. The lowest BCUT2D eigenvalue weighted by Gasteiger charge is -2.32. The molecule has 1 atom stereocenters. The monoisotopic (exact) mass is 315 g/mol. The topological polar surface area (TPSA) is 121 Å². The van der Waals surface area contributed by atoms with Crippen molar-refractivity contribution in [3.05, 3.63) is 17.0 Å². The fraction of sp³-hybridized carbons (Fsp3) is 0.667. The van der Waals surface area contributed by atoms with E-state index in [0.717, 1.165) is 18.5 Å². The van der Waals surface area contributed by atoms with E-state index in [0.29, 0.717) is 24.3 Å². The molecule has 0 radical (unpaired) electrons. The number of nitrogens with one attached hydrogen (secondary N) is 2. The Kier molecular flexibility index (Phi) is 4.64. The number of amides is 1. The molecule has 1 aromatic heterocycles. The summed E-state index contributed by atoms with van der Waals surface area (Å²) in [6.07, 6.45) is 1.72. The van der Waals surface area contributed by atoms with Crippen LogP contribution in [0.3, 0.4) is 0 Å². The SMILES string of the molecule is Cc1n[nH]c(C)c1C(=O)N1CCCC(CNS(N)(=O)=O)C1. The number of nitrogens with zero attached hydrogens (tertiary/aromatic N) is 2. The van der Waals surface area contributed by atoms with Gasteiger partial charge in [-0.3, -0.25) is 9.89 Å². The summed E-state index contributed by atoms with van der Waals surface area (Å²) in [5.41, 5.74) is 2.04. The molecular weight excluding hydrogens is 294 g/mol. The molecule has 2 heterocycles. The number of hydrogen-bond acceptors (Lipinski definition) is 4. The highest BCUT2D eigenvalue weighted by atomic mass is 32.2. The molecule has 1 amide bonds. The Morgan fingerprint density at radius 3 is 2.81 bits per heavy atom. The highest BCUT2D eigenvalue weighted by Crippen LogP contribution is 2.20. The van der Waals surface area contributed by atoms with Gasteiger partial charge < -0.3 is 4.90 Å². The predicted octanol–water partition coefficient (Wildman–Crippen LogP) is -0.328. The normalized spacial score (nSPS) is 19.8. The molecule has 21 heavy (non-hydrogen) atoms. The van der Waals surface area contributed by atoms with Crippen LogP contribution in [-0.4, -0.2) is 49.1 Å². The van der Waals surface area contributed by atoms with Crippen LogP contribution in [0.5, 0.6) is 0 Å². The van der Waals surface area contributed by atoms with Gasteiger partial charge in [-0.25, -0.2) is 9.86 Å². The van der Waals surface area contributed by atoms with Gasteiger partial charge in [-0.2, -0.15) is 13.5 Å². The van der Waals surface area contributed by atoms with Crippen molar-refractivity contribution >= 4 is 16.1 Å². The van der Waals surface area contributed by atoms with Crippen LogP contribution in [0.1, 0.15) is 34.6 Å². The lowest BCUT2D eigenvalue weighted by Crippen LogP contribution is -2.44. The van der Waals surface area contributed by atoms with E-state index in [1.54, 1.807) is 11.8 Å². The molecule has 0 aliphatic carbocycles. The van der Waals surface area contributed by atoms with E-state index < -0.39 is 10.2 Å². The maximum atomic E-state index is 12.6. The van der Waals surface area contributed by atoms with Crippen molar-refractivity contribution in [3.8, 4) is 0 Å². The van der Waals surface area contributed by atoms with E-state index >= 15 is 0 Å². The first kappa shape index (κ1) is 15.9. The smallest absolute Gasteiger partial charge is 0.274 e. The third-order valence-electron chi connectivity index (χ3n) is 3.72. The second-order valence-electron chi connectivity index (χ2n) is 5.46. The van der Waals surface area contributed by atoms with Crippen LogP contribution in [0.25, 0.3) is 0 Å². The van der Waals surface area contributed by atoms with Crippen molar-refractivity contribution in [1.29, 1.82) is 0 Å². The van der Waals surface area contributed by atoms with Gasteiger partial charge in [-0.15, -0.1) is 0 Å². The van der Waals surface area contributed by atoms with E-state index in [4.69, 9.17) is 5.14 Å². The summed E-state index contributed by atoms with van der Waals surface area (Å²) >= 11 is 0. The summed E-state index contributed by atoms with van der Waals surface area (Å²) in [6, 6.07) is 0. The second-order valence-corrected chi connectivity index (χ2v) is 6.84. The number of aryl methyl sites for hydroxylation is 2. The average molecular weight is 315 g/mol. The molecule has 1 unspecified atom stereocenters. The maximum absolute atomic E-state index is 12.6. The van der Waals surface area contributed by atoms with Gasteiger partial charge in [0.15, 0.2) is 0 Å². The minimum atomic E-state index is -3.69. The molecule has 4 N–H and O–H groups in total. The minimum absolute atomic E-state index is 0.0564. The van der Waals surface area contributed by atoms with Gasteiger partial charge in [-0.1, -0.05) is 0 Å². The molecule has 0 saturated carbocycles. The number of nitrogens with two attached hydrogens (primary N) is 1. The van der Waals surface area contributed by atoms with Crippen molar-refractivity contribution < 1.29 is 13.2 Å². The fourth-order valence-corrected chi connectivity index (χ4v) is 3.14. The Hall–Kier alpha value is -1.45. The summed E-state index contributed by atoms with van der Waals surface area (Å²) < 4.78 is 24.2. The van der Waals surface area contributed by atoms with Crippen molar-refractivity contribution in [2.45, 2.75) is 26.7 Å². The third-order valence-corrected chi connectivity index (χ3v) is 4.29. The van der Waals surface area contributed by atoms with Crippen molar-refractivity contribution in [2.75, 3.05) is 19.6 Å². The molecule has 9 heteroatoms. The molecular formula is C12H21N5O3S. The number of H-pyrrole nitrogens is 1. The molecule has 8 nitrogen and oxygen atoms in total. The van der Waals surface area contributed by atoms with Crippen LogP contribution >= 0.6 is 0 Å². The van der Waals surface area contributed by atoms with Crippen LogP contribution in [0.2, 0.25) is 0 Å². The number of carbonyl (C=O) groups is 1. The largest absolute Gasteiger partial charge is 0.338 e. The Morgan fingerprint density at radius 2 is 2.24 bits per heavy atom. The van der Waals surface area contributed by atoms with Crippen LogP contribution in [0.15, 0.2) is 0 Å². The minimum Gasteiger partial charge on any atom is -0.338 e. The first-order valence-corrected chi connectivity index (χ1v) is 8.41. The zero-order valence-electron chi connectivity index (χ0n) is 12.2. The van der Waals surface area contributed by atoms with Gasteiger partial charge in [0, 0.05) is 25.3 Å². The number of piperidine rings is 1. The second kappa shape index (κ2) is 6.12. The molecule has 0 spiro atoms. The Labute approximate surface area is 124 Å². The first-order chi connectivity index (χ1) is 9.78. The van der Waals surface area contributed by atoms with Gasteiger partial charge >= 0.3 is 0 Å².